The van der Waals surface area contributed by atoms with E-state index >= 15 is 0 Å². The maximum atomic E-state index is 12.5. The van der Waals surface area contributed by atoms with Gasteiger partial charge in [0.05, 0.1) is 5.92 Å². The third kappa shape index (κ3) is 3.30. The van der Waals surface area contributed by atoms with E-state index in [-0.39, 0.29) is 25.6 Å². The van der Waals surface area contributed by atoms with Crippen LogP contribution in [0.1, 0.15) is 19.3 Å². The molecular formula is C11H15F3N2O3. The highest BCUT2D eigenvalue weighted by molar-refractivity contribution is 5.81. The molecule has 2 amide bonds. The van der Waals surface area contributed by atoms with E-state index in [1.54, 1.807) is 0 Å². The normalized spacial score (nSPS) is 23.5. The monoisotopic (exact) mass is 280 g/mol. The highest BCUT2D eigenvalue weighted by Gasteiger charge is 2.46. The first kappa shape index (κ1) is 14.0. The van der Waals surface area contributed by atoms with Crippen molar-refractivity contribution in [3.05, 3.63) is 0 Å². The van der Waals surface area contributed by atoms with Crippen molar-refractivity contribution < 1.29 is 27.9 Å². The Kier molecular flexibility index (Phi) is 3.60. The van der Waals surface area contributed by atoms with E-state index in [1.807, 2.05) is 0 Å². The molecule has 2 rings (SSSR count). The largest absolute Gasteiger partial charge is 0.480 e. The number of nitrogens with zero attached hydrogens (tertiary/aromatic N) is 2. The van der Waals surface area contributed by atoms with Crippen LogP contribution in [0.4, 0.5) is 18.0 Å². The standard InChI is InChI=1S/C11H15F3N2O3/c12-11(13,14)7-3-4-15(5-7)10(19)16(6-9(17)18)8-1-2-8/h7-8H,1-6H2,(H,17,18). The number of hydrogen-bond donors (Lipinski definition) is 1. The van der Waals surface area contributed by atoms with Crippen LogP contribution in [-0.2, 0) is 4.79 Å². The molecule has 2 fully saturated rings. The summed E-state index contributed by atoms with van der Waals surface area (Å²) in [5.74, 6) is -2.64. The van der Waals surface area contributed by atoms with Gasteiger partial charge in [-0.1, -0.05) is 0 Å². The van der Waals surface area contributed by atoms with Gasteiger partial charge in [0.1, 0.15) is 6.54 Å². The fourth-order valence-electron chi connectivity index (χ4n) is 2.27. The van der Waals surface area contributed by atoms with Crippen LogP contribution in [0.15, 0.2) is 0 Å². The molecular weight excluding hydrogens is 265 g/mol. The summed E-state index contributed by atoms with van der Waals surface area (Å²) in [6.45, 7) is -0.784. The minimum Gasteiger partial charge on any atom is -0.480 e. The van der Waals surface area contributed by atoms with Crippen molar-refractivity contribution in [3.8, 4) is 0 Å². The maximum absolute atomic E-state index is 12.5. The van der Waals surface area contributed by atoms with Crippen LogP contribution >= 0.6 is 0 Å². The molecule has 1 saturated carbocycles. The number of carbonyl (C=O) groups excluding carboxylic acids is 1. The molecule has 108 valence electrons. The van der Waals surface area contributed by atoms with E-state index in [4.69, 9.17) is 5.11 Å². The first-order chi connectivity index (χ1) is 8.79. The molecule has 0 bridgehead atoms. The summed E-state index contributed by atoms with van der Waals surface area (Å²) < 4.78 is 37.6. The molecule has 1 aliphatic heterocycles. The molecule has 2 aliphatic rings. The summed E-state index contributed by atoms with van der Waals surface area (Å²) in [6.07, 6.45) is -2.97. The summed E-state index contributed by atoms with van der Waals surface area (Å²) in [4.78, 5) is 25.0. The molecule has 1 atom stereocenters. The van der Waals surface area contributed by atoms with Crippen LogP contribution in [0.5, 0.6) is 0 Å². The molecule has 1 saturated heterocycles. The zero-order valence-corrected chi connectivity index (χ0v) is 10.2. The molecule has 19 heavy (non-hydrogen) atoms. The van der Waals surface area contributed by atoms with Crippen LogP contribution in [-0.4, -0.2) is 58.8 Å². The van der Waals surface area contributed by atoms with Gasteiger partial charge in [-0.05, 0) is 19.3 Å². The van der Waals surface area contributed by atoms with Crippen LogP contribution in [0, 0.1) is 5.92 Å². The van der Waals surface area contributed by atoms with Crippen molar-refractivity contribution in [2.24, 2.45) is 5.92 Å². The summed E-state index contributed by atoms with van der Waals surface area (Å²) in [5, 5.41) is 8.74. The fourth-order valence-corrected chi connectivity index (χ4v) is 2.27. The second-order valence-corrected chi connectivity index (χ2v) is 5.01. The third-order valence-electron chi connectivity index (χ3n) is 3.46. The Bertz CT molecular complexity index is 382. The Labute approximate surface area is 108 Å². The Balaban J connectivity index is 1.97. The average molecular weight is 280 g/mol. The molecule has 1 aliphatic carbocycles. The van der Waals surface area contributed by atoms with Gasteiger partial charge in [-0.25, -0.2) is 4.79 Å². The number of alkyl halides is 3. The summed E-state index contributed by atoms with van der Waals surface area (Å²) >= 11 is 0. The lowest BCUT2D eigenvalue weighted by Crippen LogP contribution is -2.46. The van der Waals surface area contributed by atoms with Crippen LogP contribution in [0.25, 0.3) is 0 Å². The lowest BCUT2D eigenvalue weighted by atomic mass is 10.1. The SMILES string of the molecule is O=C(O)CN(C(=O)N1CCC(C(F)(F)F)C1)C1CC1. The van der Waals surface area contributed by atoms with Gasteiger partial charge in [-0.3, -0.25) is 4.79 Å². The molecule has 1 heterocycles. The lowest BCUT2D eigenvalue weighted by molar-refractivity contribution is -0.170. The van der Waals surface area contributed by atoms with Gasteiger partial charge < -0.3 is 14.9 Å². The molecule has 1 unspecified atom stereocenters. The van der Waals surface area contributed by atoms with Gasteiger partial charge in [0, 0.05) is 19.1 Å². The molecule has 0 aromatic heterocycles. The summed E-state index contributed by atoms with van der Waals surface area (Å²) in [6, 6.07) is -0.717. The van der Waals surface area contributed by atoms with E-state index in [1.165, 1.54) is 4.90 Å². The molecule has 5 nitrogen and oxygen atoms in total. The number of urea groups is 1. The number of aliphatic carboxylic acids is 1. The Morgan fingerprint density at radius 3 is 2.32 bits per heavy atom. The second kappa shape index (κ2) is 4.90. The third-order valence-corrected chi connectivity index (χ3v) is 3.46. The van der Waals surface area contributed by atoms with Crippen molar-refractivity contribution in [2.45, 2.75) is 31.5 Å². The minimum absolute atomic E-state index is 0.0336. The van der Waals surface area contributed by atoms with Crippen molar-refractivity contribution >= 4 is 12.0 Å². The highest BCUT2D eigenvalue weighted by Crippen LogP contribution is 2.35. The number of amides is 2. The predicted molar refractivity (Wildman–Crippen MR) is 58.5 cm³/mol. The molecule has 0 radical (unpaired) electrons. The number of hydrogen-bond acceptors (Lipinski definition) is 2. The van der Waals surface area contributed by atoms with Gasteiger partial charge in [0.15, 0.2) is 0 Å². The predicted octanol–water partition coefficient (Wildman–Crippen LogP) is 1.54. The summed E-state index contributed by atoms with van der Waals surface area (Å²) in [5.41, 5.74) is 0. The van der Waals surface area contributed by atoms with Gasteiger partial charge in [0.2, 0.25) is 0 Å². The zero-order valence-electron chi connectivity index (χ0n) is 10.2. The van der Waals surface area contributed by atoms with E-state index in [2.05, 4.69) is 0 Å². The van der Waals surface area contributed by atoms with Gasteiger partial charge in [-0.2, -0.15) is 13.2 Å². The Morgan fingerprint density at radius 1 is 1.26 bits per heavy atom. The van der Waals surface area contributed by atoms with Crippen molar-refractivity contribution in [2.75, 3.05) is 19.6 Å². The van der Waals surface area contributed by atoms with Crippen LogP contribution < -0.4 is 0 Å². The number of carboxylic acid groups (broad SMARTS) is 1. The fraction of sp³-hybridized carbons (Fsp3) is 0.818. The number of carbonyl (C=O) groups is 2. The maximum Gasteiger partial charge on any atom is 0.393 e. The number of likely N-dealkylation sites (tertiary alicyclic amines) is 1. The first-order valence-corrected chi connectivity index (χ1v) is 6.13. The molecule has 8 heteroatoms. The van der Waals surface area contributed by atoms with E-state index in [0.29, 0.717) is 0 Å². The van der Waals surface area contributed by atoms with Gasteiger partial charge in [0.25, 0.3) is 0 Å². The number of halogens is 3. The van der Waals surface area contributed by atoms with Crippen molar-refractivity contribution in [1.29, 1.82) is 0 Å². The summed E-state index contributed by atoms with van der Waals surface area (Å²) in [7, 11) is 0. The Hall–Kier alpha value is -1.47. The molecule has 0 aromatic carbocycles. The quantitative estimate of drug-likeness (QED) is 0.853. The smallest absolute Gasteiger partial charge is 0.393 e. The van der Waals surface area contributed by atoms with Crippen LogP contribution in [0.2, 0.25) is 0 Å². The van der Waals surface area contributed by atoms with Crippen LogP contribution in [0.3, 0.4) is 0 Å². The minimum atomic E-state index is -4.30. The van der Waals surface area contributed by atoms with E-state index in [0.717, 1.165) is 17.7 Å². The second-order valence-electron chi connectivity index (χ2n) is 5.01. The van der Waals surface area contributed by atoms with Gasteiger partial charge in [-0.15, -0.1) is 0 Å². The lowest BCUT2D eigenvalue weighted by Gasteiger charge is -2.27. The van der Waals surface area contributed by atoms with Gasteiger partial charge >= 0.3 is 18.2 Å². The molecule has 1 N–H and O–H groups in total. The zero-order chi connectivity index (χ0) is 14.2. The van der Waals surface area contributed by atoms with Crippen molar-refractivity contribution in [1.82, 2.24) is 9.80 Å². The molecule has 0 aromatic rings. The van der Waals surface area contributed by atoms with E-state index < -0.39 is 30.6 Å². The van der Waals surface area contributed by atoms with E-state index in [9.17, 15) is 22.8 Å². The highest BCUT2D eigenvalue weighted by atomic mass is 19.4. The first-order valence-electron chi connectivity index (χ1n) is 6.13. The van der Waals surface area contributed by atoms with Crippen molar-refractivity contribution in [3.63, 3.8) is 0 Å². The topological polar surface area (TPSA) is 60.9 Å². The Morgan fingerprint density at radius 2 is 1.89 bits per heavy atom. The average Bonchev–Trinajstić information content (AvgIpc) is 2.99. The molecule has 0 spiro atoms. The number of rotatable bonds is 3. The number of carboxylic acids is 1.